The molecule has 2 rings (SSSR count). The van der Waals surface area contributed by atoms with E-state index in [9.17, 15) is 13.0 Å². The van der Waals surface area contributed by atoms with Gasteiger partial charge < -0.3 is 0 Å². The molecule has 188 valence electrons. The molecule has 0 unspecified atom stereocenters. The molecule has 0 saturated heterocycles. The molecular weight excluding hydrogens is 594 g/mol. The molecule has 0 atom stereocenters. The molecule has 0 bridgehead atoms. The van der Waals surface area contributed by atoms with Gasteiger partial charge in [0, 0.05) is 5.39 Å². The minimum absolute atomic E-state index is 0. The fraction of sp³-hybridized carbons (Fsp3) is 0.643. The summed E-state index contributed by atoms with van der Waals surface area (Å²) in [4.78, 5) is 0.152. The zero-order chi connectivity index (χ0) is 23.2. The summed E-state index contributed by atoms with van der Waals surface area (Å²) in [6, 6.07) is 9.73. The van der Waals surface area contributed by atoms with Crippen molar-refractivity contribution < 1.29 is 13.0 Å². The number of fused-ring (bicyclic) bond motifs is 1. The second-order valence-corrected chi connectivity index (χ2v) is 10.6. The van der Waals surface area contributed by atoms with Gasteiger partial charge in [-0.3, -0.25) is 4.55 Å². The van der Waals surface area contributed by atoms with Gasteiger partial charge in [0.1, 0.15) is 4.90 Å². The van der Waals surface area contributed by atoms with Gasteiger partial charge >= 0.3 is 86.6 Å². The van der Waals surface area contributed by atoms with Crippen molar-refractivity contribution >= 4 is 108 Å². The van der Waals surface area contributed by atoms with Crippen LogP contribution in [-0.4, -0.2) is 99.6 Å². The molecule has 0 radical (unpaired) electrons. The van der Waals surface area contributed by atoms with Crippen molar-refractivity contribution in [2.24, 2.45) is 0 Å². The van der Waals surface area contributed by atoms with Crippen LogP contribution in [0, 0.1) is 0 Å². The molecule has 0 amide bonds. The number of hydrogen-bond donors (Lipinski definition) is 1. The average Bonchev–Trinajstić information content (AvgIpc) is 2.76. The number of aryl methyl sites for hydroxylation is 1. The summed E-state index contributed by atoms with van der Waals surface area (Å²) in [5.74, 6) is 0. The van der Waals surface area contributed by atoms with Crippen molar-refractivity contribution in [3.05, 3.63) is 41.5 Å². The van der Waals surface area contributed by atoms with Crippen LogP contribution in [0.4, 0.5) is 0 Å². The second-order valence-electron chi connectivity index (χ2n) is 9.28. The topological polar surface area (TPSA) is 54.4 Å². The van der Waals surface area contributed by atoms with Crippen molar-refractivity contribution in [2.75, 3.05) is 0 Å². The Kier molecular flexibility index (Phi) is 21.3. The van der Waals surface area contributed by atoms with Crippen molar-refractivity contribution in [1.29, 1.82) is 0 Å². The van der Waals surface area contributed by atoms with E-state index in [0.717, 1.165) is 48.6 Å². The monoisotopic (exact) mass is 642 g/mol. The summed E-state index contributed by atoms with van der Waals surface area (Å²) in [7, 11) is -4.28. The molecule has 34 heavy (non-hydrogen) atoms. The fourth-order valence-corrected chi connectivity index (χ4v) is 5.74. The molecular formula is C28H48BaCaO3S. The van der Waals surface area contributed by atoms with Gasteiger partial charge in [0.05, 0.1) is 0 Å². The first-order chi connectivity index (χ1) is 15.5. The SMILES string of the molecule is CCCCCCCCCc1cc2ccccc2c(S(=O)(=O)O)c1CCCCCCCCC.[BaH2].[CaH2]. The van der Waals surface area contributed by atoms with E-state index in [-0.39, 0.29) is 91.5 Å². The molecule has 2 aromatic carbocycles. The van der Waals surface area contributed by atoms with Crippen LogP contribution < -0.4 is 0 Å². The zero-order valence-electron chi connectivity index (χ0n) is 20.4. The number of rotatable bonds is 17. The molecule has 0 saturated carbocycles. The molecule has 0 heterocycles. The Bertz CT molecular complexity index is 915. The Morgan fingerprint density at radius 3 is 1.71 bits per heavy atom. The summed E-state index contributed by atoms with van der Waals surface area (Å²) in [5, 5.41) is 1.55. The Balaban J connectivity index is 0.00000544. The number of hydrogen-bond acceptors (Lipinski definition) is 2. The van der Waals surface area contributed by atoms with Crippen LogP contribution in [0.2, 0.25) is 0 Å². The van der Waals surface area contributed by atoms with Crippen LogP contribution in [0.1, 0.15) is 115 Å². The number of unbranched alkanes of at least 4 members (excludes halogenated alkanes) is 12. The van der Waals surface area contributed by atoms with E-state index < -0.39 is 10.1 Å². The Morgan fingerprint density at radius 2 is 1.18 bits per heavy atom. The molecule has 0 aliphatic rings. The van der Waals surface area contributed by atoms with E-state index in [1.54, 1.807) is 0 Å². The summed E-state index contributed by atoms with van der Waals surface area (Å²) in [6.07, 6.45) is 18.6. The van der Waals surface area contributed by atoms with E-state index in [0.29, 0.717) is 5.39 Å². The van der Waals surface area contributed by atoms with E-state index in [1.807, 2.05) is 24.3 Å². The molecule has 6 heteroatoms. The third kappa shape index (κ3) is 12.8. The minimum atomic E-state index is -4.28. The van der Waals surface area contributed by atoms with Gasteiger partial charge in [-0.2, -0.15) is 8.42 Å². The molecule has 0 aliphatic carbocycles. The van der Waals surface area contributed by atoms with Gasteiger partial charge in [0.15, 0.2) is 0 Å². The third-order valence-corrected chi connectivity index (χ3v) is 7.52. The molecule has 2 aromatic rings. The predicted molar refractivity (Wildman–Crippen MR) is 154 cm³/mol. The van der Waals surface area contributed by atoms with Gasteiger partial charge in [-0.25, -0.2) is 0 Å². The molecule has 1 N–H and O–H groups in total. The molecule has 0 fully saturated rings. The Morgan fingerprint density at radius 1 is 0.706 bits per heavy atom. The average molecular weight is 642 g/mol. The summed E-state index contributed by atoms with van der Waals surface area (Å²) >= 11 is 0. The molecule has 0 spiro atoms. The summed E-state index contributed by atoms with van der Waals surface area (Å²) in [6.45, 7) is 4.46. The van der Waals surface area contributed by atoms with E-state index in [2.05, 4.69) is 19.9 Å². The summed E-state index contributed by atoms with van der Waals surface area (Å²) < 4.78 is 35.1. The van der Waals surface area contributed by atoms with Gasteiger partial charge in [0.2, 0.25) is 0 Å². The zero-order valence-corrected chi connectivity index (χ0v) is 21.2. The molecule has 0 aliphatic heterocycles. The first-order valence-electron chi connectivity index (χ1n) is 13.0. The van der Waals surface area contributed by atoms with Gasteiger partial charge in [-0.15, -0.1) is 0 Å². The van der Waals surface area contributed by atoms with Gasteiger partial charge in [-0.1, -0.05) is 121 Å². The first-order valence-corrected chi connectivity index (χ1v) is 14.4. The maximum atomic E-state index is 12.5. The van der Waals surface area contributed by atoms with E-state index >= 15 is 0 Å². The predicted octanol–water partition coefficient (Wildman–Crippen LogP) is 6.84. The van der Waals surface area contributed by atoms with Crippen molar-refractivity contribution in [3.63, 3.8) is 0 Å². The van der Waals surface area contributed by atoms with Crippen LogP contribution in [-0.2, 0) is 23.0 Å². The van der Waals surface area contributed by atoms with Crippen molar-refractivity contribution in [1.82, 2.24) is 0 Å². The van der Waals surface area contributed by atoms with Crippen LogP contribution in [0.5, 0.6) is 0 Å². The Labute approximate surface area is 279 Å². The Hall–Kier alpha value is 1.44. The fourth-order valence-electron chi connectivity index (χ4n) is 4.74. The van der Waals surface area contributed by atoms with Crippen LogP contribution in [0.25, 0.3) is 10.8 Å². The normalized spacial score (nSPS) is 11.3. The maximum absolute atomic E-state index is 12.5. The molecule has 0 aromatic heterocycles. The van der Waals surface area contributed by atoms with Crippen LogP contribution >= 0.6 is 0 Å². The van der Waals surface area contributed by atoms with Gasteiger partial charge in [-0.05, 0) is 42.2 Å². The standard InChI is InChI=1S/C28H44O3S.Ba.Ca.4H/c1-3-5-7-9-11-13-15-19-24-23-25-20-17-18-22-27(25)28(32(29,30)31)26(24)21-16-14-12-10-8-6-4-2;;;;;;/h17-18,20,22-23H,3-16,19,21H2,1-2H3,(H,29,30,31);;;;;;. The van der Waals surface area contributed by atoms with Crippen molar-refractivity contribution in [3.8, 4) is 0 Å². The number of benzene rings is 2. The third-order valence-electron chi connectivity index (χ3n) is 6.53. The quantitative estimate of drug-likeness (QED) is 0.117. The van der Waals surface area contributed by atoms with Gasteiger partial charge in [0.25, 0.3) is 10.1 Å². The van der Waals surface area contributed by atoms with Crippen LogP contribution in [0.15, 0.2) is 35.2 Å². The first kappa shape index (κ1) is 35.4. The molecule has 3 nitrogen and oxygen atoms in total. The van der Waals surface area contributed by atoms with Crippen molar-refractivity contribution in [2.45, 2.75) is 121 Å². The van der Waals surface area contributed by atoms with E-state index in [1.165, 1.54) is 70.6 Å². The second kappa shape index (κ2) is 20.4. The summed E-state index contributed by atoms with van der Waals surface area (Å²) in [5.41, 5.74) is 1.96. The van der Waals surface area contributed by atoms with Crippen LogP contribution in [0.3, 0.4) is 0 Å². The van der Waals surface area contributed by atoms with E-state index in [4.69, 9.17) is 0 Å².